The van der Waals surface area contributed by atoms with Gasteiger partial charge in [0.15, 0.2) is 0 Å². The molecule has 0 aliphatic carbocycles. The van der Waals surface area contributed by atoms with Gasteiger partial charge >= 0.3 is 0 Å². The summed E-state index contributed by atoms with van der Waals surface area (Å²) in [4.78, 5) is 25.0. The molecule has 2 heterocycles. The maximum absolute atomic E-state index is 12.2. The molecule has 0 spiro atoms. The Bertz CT molecular complexity index is 696. The van der Waals surface area contributed by atoms with Crippen molar-refractivity contribution in [3.8, 4) is 0 Å². The molecule has 1 aliphatic heterocycles. The fraction of sp³-hybridized carbons (Fsp3) is 0.389. The van der Waals surface area contributed by atoms with Crippen LogP contribution in [0.25, 0.3) is 0 Å². The van der Waals surface area contributed by atoms with Gasteiger partial charge in [-0.25, -0.2) is 4.98 Å². The zero-order chi connectivity index (χ0) is 16.9. The van der Waals surface area contributed by atoms with Crippen LogP contribution in [0.15, 0.2) is 36.8 Å². The van der Waals surface area contributed by atoms with Gasteiger partial charge in [-0.3, -0.25) is 14.7 Å². The second-order valence-corrected chi connectivity index (χ2v) is 6.17. The summed E-state index contributed by atoms with van der Waals surface area (Å²) in [7, 11) is 0. The van der Waals surface area contributed by atoms with Crippen molar-refractivity contribution in [3.63, 3.8) is 0 Å². The van der Waals surface area contributed by atoms with E-state index in [-0.39, 0.29) is 5.91 Å². The van der Waals surface area contributed by atoms with E-state index < -0.39 is 0 Å². The number of carbonyl (C=O) groups excluding carboxylic acids is 1. The van der Waals surface area contributed by atoms with E-state index in [4.69, 9.17) is 0 Å². The highest BCUT2D eigenvalue weighted by Crippen LogP contribution is 2.15. The maximum Gasteiger partial charge on any atom is 0.238 e. The summed E-state index contributed by atoms with van der Waals surface area (Å²) in [5, 5.41) is 2.98. The molecule has 126 valence electrons. The monoisotopic (exact) mass is 325 g/mol. The third-order valence-corrected chi connectivity index (χ3v) is 4.40. The molecule has 1 aromatic carbocycles. The molecule has 0 atom stereocenters. The summed E-state index contributed by atoms with van der Waals surface area (Å²) in [5.41, 5.74) is 3.28. The van der Waals surface area contributed by atoms with Gasteiger partial charge < -0.3 is 10.2 Å². The van der Waals surface area contributed by atoms with Crippen molar-refractivity contribution in [3.05, 3.63) is 47.9 Å². The fourth-order valence-electron chi connectivity index (χ4n) is 2.81. The predicted molar refractivity (Wildman–Crippen MR) is 95.2 cm³/mol. The van der Waals surface area contributed by atoms with Crippen LogP contribution in [0.1, 0.15) is 11.1 Å². The molecule has 2 aromatic rings. The van der Waals surface area contributed by atoms with E-state index in [0.717, 1.165) is 37.7 Å². The predicted octanol–water partition coefficient (Wildman–Crippen LogP) is 1.85. The molecular weight excluding hydrogens is 302 g/mol. The second-order valence-electron chi connectivity index (χ2n) is 6.17. The molecule has 0 radical (unpaired) electrons. The van der Waals surface area contributed by atoms with Crippen LogP contribution in [0.4, 0.5) is 11.5 Å². The van der Waals surface area contributed by atoms with Crippen LogP contribution in [0.5, 0.6) is 0 Å². The number of aryl methyl sites for hydroxylation is 2. The molecule has 6 nitrogen and oxygen atoms in total. The number of nitrogens with zero attached hydrogens (tertiary/aromatic N) is 4. The SMILES string of the molecule is Cc1ccc(NC(=O)CN2CCN(c3cnccn3)CC2)cc1C. The molecule has 6 heteroatoms. The van der Waals surface area contributed by atoms with Gasteiger partial charge in [-0.2, -0.15) is 0 Å². The zero-order valence-corrected chi connectivity index (χ0v) is 14.2. The second kappa shape index (κ2) is 7.40. The number of nitrogens with one attached hydrogen (secondary N) is 1. The molecule has 3 rings (SSSR count). The van der Waals surface area contributed by atoms with Gasteiger partial charge in [-0.05, 0) is 37.1 Å². The van der Waals surface area contributed by atoms with Gasteiger partial charge in [0.25, 0.3) is 0 Å². The van der Waals surface area contributed by atoms with Crippen molar-refractivity contribution < 1.29 is 4.79 Å². The van der Waals surface area contributed by atoms with E-state index in [1.165, 1.54) is 11.1 Å². The number of hydrogen-bond acceptors (Lipinski definition) is 5. The first-order valence-electron chi connectivity index (χ1n) is 8.22. The Kier molecular flexibility index (Phi) is 5.05. The first-order valence-corrected chi connectivity index (χ1v) is 8.22. The lowest BCUT2D eigenvalue weighted by molar-refractivity contribution is -0.117. The average Bonchev–Trinajstić information content (AvgIpc) is 2.59. The Morgan fingerprint density at radius 1 is 1.12 bits per heavy atom. The van der Waals surface area contributed by atoms with Crippen LogP contribution in [0.2, 0.25) is 0 Å². The van der Waals surface area contributed by atoms with Crippen LogP contribution in [-0.2, 0) is 4.79 Å². The van der Waals surface area contributed by atoms with Crippen molar-refractivity contribution in [2.75, 3.05) is 42.9 Å². The largest absolute Gasteiger partial charge is 0.353 e. The summed E-state index contributed by atoms with van der Waals surface area (Å²) in [6, 6.07) is 6.00. The van der Waals surface area contributed by atoms with Crippen LogP contribution < -0.4 is 10.2 Å². The Morgan fingerprint density at radius 2 is 1.92 bits per heavy atom. The van der Waals surface area contributed by atoms with Crippen LogP contribution in [0, 0.1) is 13.8 Å². The molecule has 1 fully saturated rings. The van der Waals surface area contributed by atoms with Gasteiger partial charge in [0.2, 0.25) is 5.91 Å². The van der Waals surface area contributed by atoms with Gasteiger partial charge in [0.05, 0.1) is 12.7 Å². The molecule has 0 saturated carbocycles. The van der Waals surface area contributed by atoms with Crippen LogP contribution >= 0.6 is 0 Å². The molecule has 0 bridgehead atoms. The van der Waals surface area contributed by atoms with Crippen molar-refractivity contribution in [1.29, 1.82) is 0 Å². The number of rotatable bonds is 4. The van der Waals surface area contributed by atoms with E-state index in [1.807, 2.05) is 18.2 Å². The average molecular weight is 325 g/mol. The number of piperazine rings is 1. The number of benzene rings is 1. The van der Waals surface area contributed by atoms with E-state index in [1.54, 1.807) is 18.6 Å². The zero-order valence-electron chi connectivity index (χ0n) is 14.2. The minimum absolute atomic E-state index is 0.0335. The number of amides is 1. The standard InChI is InChI=1S/C18H23N5O/c1-14-3-4-16(11-15(14)2)21-18(24)13-22-7-9-23(10-8-22)17-12-19-5-6-20-17/h3-6,11-12H,7-10,13H2,1-2H3,(H,21,24). The molecule has 1 saturated heterocycles. The van der Waals surface area contributed by atoms with E-state index >= 15 is 0 Å². The van der Waals surface area contributed by atoms with E-state index in [0.29, 0.717) is 6.54 Å². The Balaban J connectivity index is 1.49. The lowest BCUT2D eigenvalue weighted by atomic mass is 10.1. The third-order valence-electron chi connectivity index (χ3n) is 4.40. The smallest absolute Gasteiger partial charge is 0.238 e. The van der Waals surface area contributed by atoms with Gasteiger partial charge in [0.1, 0.15) is 5.82 Å². The van der Waals surface area contributed by atoms with Crippen molar-refractivity contribution >= 4 is 17.4 Å². The normalized spacial score (nSPS) is 15.3. The van der Waals surface area contributed by atoms with Gasteiger partial charge in [-0.15, -0.1) is 0 Å². The van der Waals surface area contributed by atoms with Gasteiger partial charge in [0, 0.05) is 44.3 Å². The molecule has 1 amide bonds. The maximum atomic E-state index is 12.2. The molecule has 1 aromatic heterocycles. The summed E-state index contributed by atoms with van der Waals surface area (Å²) in [6.45, 7) is 7.94. The molecule has 1 aliphatic rings. The van der Waals surface area contributed by atoms with E-state index in [2.05, 4.69) is 38.9 Å². The minimum atomic E-state index is 0.0335. The fourth-order valence-corrected chi connectivity index (χ4v) is 2.81. The molecule has 24 heavy (non-hydrogen) atoms. The molecular formula is C18H23N5O. The first-order chi connectivity index (χ1) is 11.6. The Hall–Kier alpha value is -2.47. The van der Waals surface area contributed by atoms with Crippen LogP contribution in [0.3, 0.4) is 0 Å². The first kappa shape index (κ1) is 16.4. The van der Waals surface area contributed by atoms with Gasteiger partial charge in [-0.1, -0.05) is 6.07 Å². The minimum Gasteiger partial charge on any atom is -0.353 e. The number of anilines is 2. The molecule has 1 N–H and O–H groups in total. The lowest BCUT2D eigenvalue weighted by Gasteiger charge is -2.34. The van der Waals surface area contributed by atoms with Crippen LogP contribution in [-0.4, -0.2) is 53.5 Å². The Labute approximate surface area is 142 Å². The summed E-state index contributed by atoms with van der Waals surface area (Å²) < 4.78 is 0. The number of hydrogen-bond donors (Lipinski definition) is 1. The van der Waals surface area contributed by atoms with Crippen molar-refractivity contribution in [2.45, 2.75) is 13.8 Å². The Morgan fingerprint density at radius 3 is 2.58 bits per heavy atom. The highest BCUT2D eigenvalue weighted by atomic mass is 16.2. The highest BCUT2D eigenvalue weighted by molar-refractivity contribution is 5.92. The highest BCUT2D eigenvalue weighted by Gasteiger charge is 2.20. The van der Waals surface area contributed by atoms with Crippen molar-refractivity contribution in [1.82, 2.24) is 14.9 Å². The third kappa shape index (κ3) is 4.08. The lowest BCUT2D eigenvalue weighted by Crippen LogP contribution is -2.48. The summed E-state index contributed by atoms with van der Waals surface area (Å²) >= 11 is 0. The summed E-state index contributed by atoms with van der Waals surface area (Å²) in [6.07, 6.45) is 5.16. The van der Waals surface area contributed by atoms with Crippen molar-refractivity contribution in [2.24, 2.45) is 0 Å². The topological polar surface area (TPSA) is 61.4 Å². The van der Waals surface area contributed by atoms with E-state index in [9.17, 15) is 4.79 Å². The number of aromatic nitrogens is 2. The molecule has 0 unspecified atom stereocenters. The summed E-state index contributed by atoms with van der Waals surface area (Å²) in [5.74, 6) is 0.933. The quantitative estimate of drug-likeness (QED) is 0.930. The number of carbonyl (C=O) groups is 1.